The van der Waals surface area contributed by atoms with E-state index in [1.165, 1.54) is 0 Å². The molecule has 0 atom stereocenters. The Morgan fingerprint density at radius 3 is 2.32 bits per heavy atom. The van der Waals surface area contributed by atoms with Gasteiger partial charge in [-0.2, -0.15) is 5.10 Å². The molecular weight excluding hydrogens is 488 g/mol. The molecule has 3 aromatic carbocycles. The second-order valence-corrected chi connectivity index (χ2v) is 7.92. The first kappa shape index (κ1) is 20.2. The number of ketones is 1. The van der Waals surface area contributed by atoms with E-state index in [0.29, 0.717) is 20.2 Å². The lowest BCUT2D eigenvalue weighted by molar-refractivity contribution is -0.137. The minimum atomic E-state index is -0.774. The highest BCUT2D eigenvalue weighted by Crippen LogP contribution is 2.33. The van der Waals surface area contributed by atoms with Crippen molar-refractivity contribution in [1.82, 2.24) is 5.43 Å². The predicted octanol–water partition coefficient (Wildman–Crippen LogP) is 4.72. The Bertz CT molecular complexity index is 1090. The van der Waals surface area contributed by atoms with Crippen molar-refractivity contribution in [3.63, 3.8) is 0 Å². The Labute approximate surface area is 178 Å². The molecule has 0 radical (unpaired) electrons. The van der Waals surface area contributed by atoms with E-state index < -0.39 is 11.7 Å². The molecule has 0 fully saturated rings. The highest BCUT2D eigenvalue weighted by molar-refractivity contribution is 9.11. The van der Waals surface area contributed by atoms with Gasteiger partial charge >= 0.3 is 5.91 Å². The first-order chi connectivity index (χ1) is 13.3. The van der Waals surface area contributed by atoms with Crippen LogP contribution in [0.2, 0.25) is 0 Å². The van der Waals surface area contributed by atoms with Crippen LogP contribution < -0.4 is 5.43 Å². The summed E-state index contributed by atoms with van der Waals surface area (Å²) in [5.74, 6) is -1.27. The number of amides is 1. The number of phenols is 1. The van der Waals surface area contributed by atoms with Crippen LogP contribution in [0.25, 0.3) is 10.8 Å². The molecule has 0 bridgehead atoms. The number of carbonyl (C=O) groups is 2. The summed E-state index contributed by atoms with van der Waals surface area (Å²) < 4.78 is 0.982. The van der Waals surface area contributed by atoms with E-state index in [0.717, 1.165) is 16.3 Å². The van der Waals surface area contributed by atoms with E-state index in [4.69, 9.17) is 0 Å². The van der Waals surface area contributed by atoms with Gasteiger partial charge in [-0.25, -0.2) is 5.43 Å². The van der Waals surface area contributed by atoms with E-state index in [1.807, 2.05) is 42.5 Å². The van der Waals surface area contributed by atoms with Crippen molar-refractivity contribution in [1.29, 1.82) is 0 Å². The normalized spacial score (nSPS) is 11.5. The van der Waals surface area contributed by atoms with Crippen LogP contribution in [-0.4, -0.2) is 22.5 Å². The molecule has 0 aliphatic carbocycles. The number of rotatable bonds is 5. The maximum Gasteiger partial charge on any atom is 0.307 e. The average Bonchev–Trinajstić information content (AvgIpc) is 2.69. The number of carbonyl (C=O) groups excluding carboxylic acids is 2. The van der Waals surface area contributed by atoms with Crippen LogP contribution in [0.1, 0.15) is 18.1 Å². The Balaban J connectivity index is 1.68. The Morgan fingerprint density at radius 1 is 1.00 bits per heavy atom. The summed E-state index contributed by atoms with van der Waals surface area (Å²) in [7, 11) is 0. The van der Waals surface area contributed by atoms with Crippen LogP contribution in [0.4, 0.5) is 0 Å². The second-order valence-electron chi connectivity index (χ2n) is 6.21. The Hall–Kier alpha value is -2.51. The van der Waals surface area contributed by atoms with Gasteiger partial charge in [0.15, 0.2) is 0 Å². The molecule has 0 heterocycles. The molecule has 3 rings (SSSR count). The molecule has 5 nitrogen and oxygen atoms in total. The third-order valence-corrected chi connectivity index (χ3v) is 5.40. The first-order valence-corrected chi connectivity index (χ1v) is 9.97. The van der Waals surface area contributed by atoms with E-state index in [9.17, 15) is 14.7 Å². The lowest BCUT2D eigenvalue weighted by atomic mass is 10.0. The second kappa shape index (κ2) is 8.67. The van der Waals surface area contributed by atoms with Crippen LogP contribution in [0.15, 0.2) is 68.6 Å². The summed E-state index contributed by atoms with van der Waals surface area (Å²) >= 11 is 6.49. The standard InChI is InChI=1S/C21H16Br2N2O3/c1-12(16-10-17(22)20(27)18(23)11-16)24-25-21(28)19(26)9-13-6-7-14-4-2-3-5-15(14)8-13/h2-8,10-11,27H,9H2,1H3,(H,25,28)/b24-12+. The number of aromatic hydroxyl groups is 1. The van der Waals surface area contributed by atoms with Crippen molar-refractivity contribution in [2.45, 2.75) is 13.3 Å². The molecule has 0 aromatic heterocycles. The highest BCUT2D eigenvalue weighted by Gasteiger charge is 2.15. The Kier molecular flexibility index (Phi) is 6.26. The number of benzene rings is 3. The quantitative estimate of drug-likeness (QED) is 0.300. The monoisotopic (exact) mass is 502 g/mol. The van der Waals surface area contributed by atoms with Gasteiger partial charge in [0.05, 0.1) is 14.7 Å². The van der Waals surface area contributed by atoms with Crippen LogP contribution in [0, 0.1) is 0 Å². The molecule has 0 saturated heterocycles. The third-order valence-electron chi connectivity index (χ3n) is 4.19. The van der Waals surface area contributed by atoms with Crippen LogP contribution >= 0.6 is 31.9 Å². The fourth-order valence-corrected chi connectivity index (χ4v) is 3.84. The van der Waals surface area contributed by atoms with Crippen molar-refractivity contribution in [2.24, 2.45) is 5.10 Å². The molecule has 2 N–H and O–H groups in total. The summed E-state index contributed by atoms with van der Waals surface area (Å²) in [5, 5.41) is 15.9. The molecule has 0 saturated carbocycles. The van der Waals surface area contributed by atoms with Gasteiger partial charge in [-0.3, -0.25) is 9.59 Å². The largest absolute Gasteiger partial charge is 0.506 e. The number of Topliss-reactive ketones (excluding diaryl/α,β-unsaturated/α-hetero) is 1. The van der Waals surface area contributed by atoms with Gasteiger partial charge in [-0.15, -0.1) is 0 Å². The molecule has 0 spiro atoms. The number of hydrazone groups is 1. The third kappa shape index (κ3) is 4.66. The molecule has 142 valence electrons. The number of fused-ring (bicyclic) bond motifs is 1. The van der Waals surface area contributed by atoms with Crippen molar-refractivity contribution in [3.05, 3.63) is 74.7 Å². The van der Waals surface area contributed by atoms with Gasteiger partial charge in [0.2, 0.25) is 5.78 Å². The smallest absolute Gasteiger partial charge is 0.307 e. The maximum absolute atomic E-state index is 12.2. The fourth-order valence-electron chi connectivity index (χ4n) is 2.65. The average molecular weight is 504 g/mol. The summed E-state index contributed by atoms with van der Waals surface area (Å²) in [6.07, 6.45) is 0.00153. The van der Waals surface area contributed by atoms with Gasteiger partial charge in [0, 0.05) is 6.42 Å². The molecule has 28 heavy (non-hydrogen) atoms. The maximum atomic E-state index is 12.2. The topological polar surface area (TPSA) is 78.8 Å². The number of nitrogens with zero attached hydrogens (tertiary/aromatic N) is 1. The molecule has 7 heteroatoms. The van der Waals surface area contributed by atoms with Crippen molar-refractivity contribution in [2.75, 3.05) is 0 Å². The zero-order chi connectivity index (χ0) is 20.3. The summed E-state index contributed by atoms with van der Waals surface area (Å²) in [4.78, 5) is 24.3. The van der Waals surface area contributed by atoms with Crippen molar-refractivity contribution >= 4 is 60.0 Å². The number of nitrogens with one attached hydrogen (secondary N) is 1. The zero-order valence-electron chi connectivity index (χ0n) is 14.9. The number of halogens is 2. The highest BCUT2D eigenvalue weighted by atomic mass is 79.9. The molecule has 0 aliphatic heterocycles. The van der Waals surface area contributed by atoms with Gasteiger partial charge < -0.3 is 5.11 Å². The fraction of sp³-hybridized carbons (Fsp3) is 0.0952. The first-order valence-electron chi connectivity index (χ1n) is 8.38. The number of hydrogen-bond donors (Lipinski definition) is 2. The zero-order valence-corrected chi connectivity index (χ0v) is 18.0. The van der Waals surface area contributed by atoms with Crippen LogP contribution in [0.5, 0.6) is 5.75 Å². The lowest BCUT2D eigenvalue weighted by Gasteiger charge is -2.06. The molecule has 1 amide bonds. The van der Waals surface area contributed by atoms with Crippen molar-refractivity contribution in [3.8, 4) is 5.75 Å². The molecule has 3 aromatic rings. The van der Waals surface area contributed by atoms with E-state index >= 15 is 0 Å². The molecule has 0 unspecified atom stereocenters. The summed E-state index contributed by atoms with van der Waals surface area (Å²) in [6, 6.07) is 16.8. The molecule has 0 aliphatic rings. The Morgan fingerprint density at radius 2 is 1.64 bits per heavy atom. The van der Waals surface area contributed by atoms with Crippen LogP contribution in [-0.2, 0) is 16.0 Å². The lowest BCUT2D eigenvalue weighted by Crippen LogP contribution is -2.29. The van der Waals surface area contributed by atoms with E-state index in [2.05, 4.69) is 42.4 Å². The van der Waals surface area contributed by atoms with Gasteiger partial charge in [0.25, 0.3) is 0 Å². The summed E-state index contributed by atoms with van der Waals surface area (Å²) in [5.41, 5.74) is 4.24. The predicted molar refractivity (Wildman–Crippen MR) is 117 cm³/mol. The van der Waals surface area contributed by atoms with Crippen molar-refractivity contribution < 1.29 is 14.7 Å². The number of phenolic OH excluding ortho intramolecular Hbond substituents is 1. The molecular formula is C21H16Br2N2O3. The van der Waals surface area contributed by atoms with Gasteiger partial charge in [0.1, 0.15) is 5.75 Å². The summed E-state index contributed by atoms with van der Waals surface area (Å²) in [6.45, 7) is 1.69. The van der Waals surface area contributed by atoms with E-state index in [1.54, 1.807) is 19.1 Å². The minimum absolute atomic E-state index is 0.00153. The SMILES string of the molecule is C/C(=N\NC(=O)C(=O)Cc1ccc2ccccc2c1)c1cc(Br)c(O)c(Br)c1. The minimum Gasteiger partial charge on any atom is -0.506 e. The van der Waals surface area contributed by atoms with Gasteiger partial charge in [-0.1, -0.05) is 42.5 Å². The van der Waals surface area contributed by atoms with Gasteiger partial charge in [-0.05, 0) is 72.8 Å². The number of hydrogen-bond acceptors (Lipinski definition) is 4. The van der Waals surface area contributed by atoms with Crippen LogP contribution in [0.3, 0.4) is 0 Å². The van der Waals surface area contributed by atoms with E-state index in [-0.39, 0.29) is 12.2 Å².